The molecule has 3 aromatic heterocycles. The lowest BCUT2D eigenvalue weighted by Crippen LogP contribution is -2.37. The number of nitrogens with two attached hydrogens (primary N) is 1. The number of carbonyl (C=O) groups is 1. The van der Waals surface area contributed by atoms with Crippen LogP contribution >= 0.6 is 0 Å². The molecule has 12 heteroatoms. The van der Waals surface area contributed by atoms with Crippen LogP contribution in [0.1, 0.15) is 41.6 Å². The topological polar surface area (TPSA) is 111 Å². The number of amides is 1. The van der Waals surface area contributed by atoms with E-state index in [2.05, 4.69) is 20.4 Å². The molecule has 1 aliphatic heterocycles. The second-order valence-electron chi connectivity index (χ2n) is 8.52. The summed E-state index contributed by atoms with van der Waals surface area (Å²) in [5, 5.41) is 7.36. The van der Waals surface area contributed by atoms with Gasteiger partial charge in [-0.25, -0.2) is 14.5 Å². The Hall–Kier alpha value is -3.41. The first kappa shape index (κ1) is 22.4. The second-order valence-corrected chi connectivity index (χ2v) is 8.52. The summed E-state index contributed by atoms with van der Waals surface area (Å²) in [4.78, 5) is 23.1. The fourth-order valence-electron chi connectivity index (χ4n) is 4.45. The number of rotatable bonds is 4. The molecule has 0 bridgehead atoms. The maximum atomic E-state index is 13.8. The largest absolute Gasteiger partial charge is 0.417 e. The van der Waals surface area contributed by atoms with Crippen molar-refractivity contribution in [2.75, 3.05) is 36.9 Å². The Balaban J connectivity index is 1.62. The smallest absolute Gasteiger partial charge is 0.384 e. The molecule has 2 fully saturated rings. The highest BCUT2D eigenvalue weighted by Crippen LogP contribution is 2.37. The molecule has 0 spiro atoms. The average Bonchev–Trinajstić information content (AvgIpc) is 3.48. The lowest BCUT2D eigenvalue weighted by molar-refractivity contribution is -0.137. The molecule has 1 aliphatic carbocycles. The number of anilines is 2. The number of nitrogen functional groups attached to an aromatic ring is 1. The number of alkyl halides is 3. The molecule has 9 nitrogen and oxygen atoms in total. The van der Waals surface area contributed by atoms with Gasteiger partial charge in [0.25, 0.3) is 5.91 Å². The van der Waals surface area contributed by atoms with Gasteiger partial charge >= 0.3 is 6.18 Å². The maximum Gasteiger partial charge on any atom is 0.417 e. The van der Waals surface area contributed by atoms with Crippen molar-refractivity contribution in [3.63, 3.8) is 0 Å². The number of nitrogens with one attached hydrogen (secondary N) is 1. The molecule has 4 heterocycles. The monoisotopic (exact) mass is 475 g/mol. The normalized spacial score (nSPS) is 17.4. The van der Waals surface area contributed by atoms with Crippen LogP contribution < -0.4 is 16.0 Å². The molecule has 0 unspecified atom stereocenters. The quantitative estimate of drug-likeness (QED) is 0.597. The Morgan fingerprint density at radius 1 is 1.18 bits per heavy atom. The Labute approximate surface area is 193 Å². The van der Waals surface area contributed by atoms with Crippen molar-refractivity contribution < 1.29 is 22.7 Å². The van der Waals surface area contributed by atoms with Gasteiger partial charge in [-0.1, -0.05) is 12.8 Å². The Kier molecular flexibility index (Phi) is 5.76. The number of halogens is 3. The van der Waals surface area contributed by atoms with E-state index in [-0.39, 0.29) is 29.2 Å². The molecule has 3 aromatic rings. The standard InChI is InChI=1S/C22H24F3N7O2/c23-22(24,25)16-10-18(26)27-11-15(16)19-29-20(31-5-7-34-8-6-31)17-9-13(12-32(17)30-19)21(33)28-14-3-1-2-4-14/h9-12,14H,1-8H2,(H2,26,27)(H,28,33). The SMILES string of the molecule is Nc1cc(C(F)(F)F)c(-c2nc(N3CCOCC3)c3cc(C(=O)NC4CCCC4)cn3n2)cn1. The molecule has 3 N–H and O–H groups in total. The first-order valence-corrected chi connectivity index (χ1v) is 11.2. The van der Waals surface area contributed by atoms with Crippen LogP contribution in [0, 0.1) is 0 Å². The summed E-state index contributed by atoms with van der Waals surface area (Å²) in [5.74, 6) is -0.222. The number of pyridine rings is 1. The summed E-state index contributed by atoms with van der Waals surface area (Å²) in [7, 11) is 0. The highest BCUT2D eigenvalue weighted by molar-refractivity contribution is 5.96. The molecule has 2 aliphatic rings. The van der Waals surface area contributed by atoms with Crippen LogP contribution in [0.2, 0.25) is 0 Å². The van der Waals surface area contributed by atoms with Gasteiger partial charge in [-0.15, -0.1) is 5.10 Å². The summed E-state index contributed by atoms with van der Waals surface area (Å²) >= 11 is 0. The Morgan fingerprint density at radius 2 is 1.91 bits per heavy atom. The average molecular weight is 475 g/mol. The fraction of sp³-hybridized carbons (Fsp3) is 0.455. The molecule has 5 rings (SSSR count). The molecule has 1 saturated heterocycles. The van der Waals surface area contributed by atoms with Crippen molar-refractivity contribution in [1.82, 2.24) is 24.9 Å². The van der Waals surface area contributed by atoms with Crippen molar-refractivity contribution in [2.45, 2.75) is 37.9 Å². The zero-order valence-corrected chi connectivity index (χ0v) is 18.3. The first-order chi connectivity index (χ1) is 16.3. The molecule has 1 saturated carbocycles. The molecular formula is C22H24F3N7O2. The number of aromatic nitrogens is 4. The zero-order chi connectivity index (χ0) is 23.9. The molecule has 180 valence electrons. The van der Waals surface area contributed by atoms with E-state index >= 15 is 0 Å². The Bertz CT molecular complexity index is 1220. The Morgan fingerprint density at radius 3 is 2.62 bits per heavy atom. The van der Waals surface area contributed by atoms with Gasteiger partial charge in [0.1, 0.15) is 11.3 Å². The molecule has 0 radical (unpaired) electrons. The third kappa shape index (κ3) is 4.37. The number of fused-ring (bicyclic) bond motifs is 1. The van der Waals surface area contributed by atoms with Crippen LogP contribution in [0.3, 0.4) is 0 Å². The lowest BCUT2D eigenvalue weighted by Gasteiger charge is -2.28. The van der Waals surface area contributed by atoms with Crippen molar-refractivity contribution in [2.24, 2.45) is 0 Å². The summed E-state index contributed by atoms with van der Waals surface area (Å²) < 4.78 is 48.1. The van der Waals surface area contributed by atoms with Gasteiger partial charge in [-0.2, -0.15) is 13.2 Å². The third-order valence-corrected chi connectivity index (χ3v) is 6.18. The van der Waals surface area contributed by atoms with E-state index in [1.54, 1.807) is 6.07 Å². The van der Waals surface area contributed by atoms with Crippen molar-refractivity contribution >= 4 is 23.1 Å². The number of nitrogens with zero attached hydrogens (tertiary/aromatic N) is 5. The number of morpholine rings is 1. The van der Waals surface area contributed by atoms with E-state index in [1.807, 2.05) is 4.90 Å². The maximum absolute atomic E-state index is 13.8. The van der Waals surface area contributed by atoms with Crippen LogP contribution in [0.15, 0.2) is 24.5 Å². The minimum Gasteiger partial charge on any atom is -0.384 e. The van der Waals surface area contributed by atoms with Gasteiger partial charge in [-0.3, -0.25) is 4.79 Å². The number of hydrogen-bond acceptors (Lipinski definition) is 7. The minimum atomic E-state index is -4.67. The van der Waals surface area contributed by atoms with Crippen molar-refractivity contribution in [3.8, 4) is 11.4 Å². The first-order valence-electron chi connectivity index (χ1n) is 11.2. The van der Waals surface area contributed by atoms with E-state index in [1.165, 1.54) is 10.7 Å². The van der Waals surface area contributed by atoms with Gasteiger partial charge in [0.15, 0.2) is 11.6 Å². The van der Waals surface area contributed by atoms with E-state index in [0.717, 1.165) is 37.9 Å². The van der Waals surface area contributed by atoms with Gasteiger partial charge in [0.2, 0.25) is 0 Å². The van der Waals surface area contributed by atoms with Crippen LogP contribution in [-0.2, 0) is 10.9 Å². The van der Waals surface area contributed by atoms with Crippen LogP contribution in [0.5, 0.6) is 0 Å². The van der Waals surface area contributed by atoms with E-state index in [4.69, 9.17) is 10.5 Å². The predicted octanol–water partition coefficient (Wildman–Crippen LogP) is 2.90. The number of hydrogen-bond donors (Lipinski definition) is 2. The van der Waals surface area contributed by atoms with Gasteiger partial charge < -0.3 is 20.7 Å². The van der Waals surface area contributed by atoms with Gasteiger partial charge in [-0.05, 0) is 25.0 Å². The highest BCUT2D eigenvalue weighted by atomic mass is 19.4. The third-order valence-electron chi connectivity index (χ3n) is 6.18. The summed E-state index contributed by atoms with van der Waals surface area (Å²) in [5.41, 5.74) is 5.16. The molecular weight excluding hydrogens is 451 g/mol. The summed E-state index contributed by atoms with van der Waals surface area (Å²) in [6.45, 7) is 1.93. The van der Waals surface area contributed by atoms with Crippen molar-refractivity contribution in [1.29, 1.82) is 0 Å². The molecule has 0 atom stereocenters. The lowest BCUT2D eigenvalue weighted by atomic mass is 10.1. The van der Waals surface area contributed by atoms with Crippen LogP contribution in [0.4, 0.5) is 24.8 Å². The molecule has 1 amide bonds. The summed E-state index contributed by atoms with van der Waals surface area (Å²) in [6.07, 6.45) is 1.91. The van der Waals surface area contributed by atoms with E-state index in [9.17, 15) is 18.0 Å². The fourth-order valence-corrected chi connectivity index (χ4v) is 4.45. The minimum absolute atomic E-state index is 0.131. The summed E-state index contributed by atoms with van der Waals surface area (Å²) in [6, 6.07) is 2.57. The van der Waals surface area contributed by atoms with Gasteiger partial charge in [0, 0.05) is 31.5 Å². The second kappa shape index (κ2) is 8.75. The van der Waals surface area contributed by atoms with Gasteiger partial charge in [0.05, 0.1) is 29.9 Å². The predicted molar refractivity (Wildman–Crippen MR) is 118 cm³/mol. The van der Waals surface area contributed by atoms with E-state index in [0.29, 0.717) is 43.2 Å². The number of carbonyl (C=O) groups excluding carboxylic acids is 1. The molecule has 34 heavy (non-hydrogen) atoms. The highest BCUT2D eigenvalue weighted by Gasteiger charge is 2.35. The van der Waals surface area contributed by atoms with E-state index < -0.39 is 11.7 Å². The molecule has 0 aromatic carbocycles. The van der Waals surface area contributed by atoms with Crippen LogP contribution in [-0.4, -0.2) is 57.8 Å². The zero-order valence-electron chi connectivity index (χ0n) is 18.3. The van der Waals surface area contributed by atoms with Crippen molar-refractivity contribution in [3.05, 3.63) is 35.7 Å². The van der Waals surface area contributed by atoms with Crippen LogP contribution in [0.25, 0.3) is 16.9 Å². The number of ether oxygens (including phenoxy) is 1.